The molecule has 0 aromatic heterocycles. The van der Waals surface area contributed by atoms with E-state index in [2.05, 4.69) is 4.99 Å². The molecule has 7 nitrogen and oxygen atoms in total. The van der Waals surface area contributed by atoms with Crippen LogP contribution in [0.4, 0.5) is 5.69 Å². The van der Waals surface area contributed by atoms with Gasteiger partial charge in [0.2, 0.25) is 0 Å². The lowest BCUT2D eigenvalue weighted by molar-refractivity contribution is -0.139. The van der Waals surface area contributed by atoms with Crippen LogP contribution >= 0.6 is 22.6 Å². The molecular formula is C19H18INO6. The van der Waals surface area contributed by atoms with Gasteiger partial charge < -0.3 is 19.3 Å². The van der Waals surface area contributed by atoms with Crippen LogP contribution in [0, 0.1) is 10.5 Å². The first-order valence-electron chi connectivity index (χ1n) is 7.81. The third-order valence-corrected chi connectivity index (χ3v) is 4.38. The number of hydrogen-bond donors (Lipinski definition) is 1. The van der Waals surface area contributed by atoms with Crippen molar-refractivity contribution in [2.24, 2.45) is 4.99 Å². The zero-order valence-corrected chi connectivity index (χ0v) is 17.1. The fourth-order valence-electron chi connectivity index (χ4n) is 2.23. The Labute approximate surface area is 170 Å². The van der Waals surface area contributed by atoms with Crippen LogP contribution in [0.2, 0.25) is 0 Å². The van der Waals surface area contributed by atoms with Gasteiger partial charge in [0.05, 0.1) is 29.0 Å². The predicted octanol–water partition coefficient (Wildman–Crippen LogP) is 3.61. The summed E-state index contributed by atoms with van der Waals surface area (Å²) in [6.45, 7) is 1.43. The summed E-state index contributed by atoms with van der Waals surface area (Å²) in [5, 5.41) is 8.78. The number of aliphatic carboxylic acids is 1. The van der Waals surface area contributed by atoms with E-state index in [1.54, 1.807) is 36.5 Å². The summed E-state index contributed by atoms with van der Waals surface area (Å²) in [5.74, 6) is -0.729. The largest absolute Gasteiger partial charge is 0.493 e. The van der Waals surface area contributed by atoms with E-state index in [1.807, 2.05) is 29.5 Å². The molecule has 2 rings (SSSR count). The minimum atomic E-state index is -1.07. The van der Waals surface area contributed by atoms with Crippen molar-refractivity contribution in [1.82, 2.24) is 0 Å². The van der Waals surface area contributed by atoms with Crippen LogP contribution < -0.4 is 9.47 Å². The Morgan fingerprint density at radius 1 is 1.22 bits per heavy atom. The molecule has 0 unspecified atom stereocenters. The first kappa shape index (κ1) is 20.7. The van der Waals surface area contributed by atoms with E-state index >= 15 is 0 Å². The van der Waals surface area contributed by atoms with Crippen LogP contribution in [0.15, 0.2) is 35.3 Å². The monoisotopic (exact) mass is 483 g/mol. The van der Waals surface area contributed by atoms with Gasteiger partial charge in [-0.25, -0.2) is 9.59 Å². The molecule has 0 radical (unpaired) electrons. The second kappa shape index (κ2) is 9.36. The molecule has 2 aromatic rings. The summed E-state index contributed by atoms with van der Waals surface area (Å²) in [7, 11) is 2.80. The fourth-order valence-corrected chi connectivity index (χ4v) is 3.01. The molecular weight excluding hydrogens is 465 g/mol. The van der Waals surface area contributed by atoms with Crippen LogP contribution in [-0.2, 0) is 9.53 Å². The molecule has 0 aliphatic heterocycles. The second-order valence-corrected chi connectivity index (χ2v) is 6.63. The van der Waals surface area contributed by atoms with Gasteiger partial charge in [-0.2, -0.15) is 0 Å². The Morgan fingerprint density at radius 3 is 2.59 bits per heavy atom. The zero-order valence-electron chi connectivity index (χ0n) is 15.0. The highest BCUT2D eigenvalue weighted by Crippen LogP contribution is 2.33. The van der Waals surface area contributed by atoms with E-state index in [1.165, 1.54) is 14.2 Å². The zero-order chi connectivity index (χ0) is 20.0. The van der Waals surface area contributed by atoms with Crippen molar-refractivity contribution < 1.29 is 28.9 Å². The molecule has 142 valence electrons. The molecule has 0 saturated carbocycles. The number of benzene rings is 2. The van der Waals surface area contributed by atoms with E-state index in [0.29, 0.717) is 26.3 Å². The highest BCUT2D eigenvalue weighted by Gasteiger charge is 2.13. The summed E-state index contributed by atoms with van der Waals surface area (Å²) < 4.78 is 16.0. The fraction of sp³-hybridized carbons (Fsp3) is 0.211. The van der Waals surface area contributed by atoms with Crippen LogP contribution in [0.25, 0.3) is 0 Å². The lowest BCUT2D eigenvalue weighted by Crippen LogP contribution is -2.11. The number of carbonyl (C=O) groups is 2. The molecule has 0 aliphatic carbocycles. The van der Waals surface area contributed by atoms with Gasteiger partial charge in [0.1, 0.15) is 0 Å². The van der Waals surface area contributed by atoms with Gasteiger partial charge in [0, 0.05) is 6.21 Å². The van der Waals surface area contributed by atoms with Crippen LogP contribution in [0.1, 0.15) is 21.5 Å². The van der Waals surface area contributed by atoms with Crippen molar-refractivity contribution in [1.29, 1.82) is 0 Å². The summed E-state index contributed by atoms with van der Waals surface area (Å²) in [6.07, 6.45) is 1.63. The molecule has 0 saturated heterocycles. The third kappa shape index (κ3) is 5.43. The van der Waals surface area contributed by atoms with Crippen molar-refractivity contribution >= 4 is 46.4 Å². The van der Waals surface area contributed by atoms with Crippen molar-refractivity contribution in [2.45, 2.75) is 6.92 Å². The topological polar surface area (TPSA) is 94.4 Å². The van der Waals surface area contributed by atoms with Crippen molar-refractivity contribution in [3.8, 4) is 11.5 Å². The number of esters is 1. The highest BCUT2D eigenvalue weighted by molar-refractivity contribution is 14.1. The van der Waals surface area contributed by atoms with Gasteiger partial charge in [-0.15, -0.1) is 0 Å². The average molecular weight is 483 g/mol. The number of aliphatic imine (C=N–C) groups is 1. The number of methoxy groups -OCH3 is 2. The van der Waals surface area contributed by atoms with E-state index in [4.69, 9.17) is 19.3 Å². The molecule has 0 atom stereocenters. The van der Waals surface area contributed by atoms with Crippen LogP contribution in [0.3, 0.4) is 0 Å². The Morgan fingerprint density at radius 2 is 1.96 bits per heavy atom. The summed E-state index contributed by atoms with van der Waals surface area (Å²) >= 11 is 2.04. The lowest BCUT2D eigenvalue weighted by atomic mass is 10.1. The summed E-state index contributed by atoms with van der Waals surface area (Å²) in [5.41, 5.74) is 2.70. The van der Waals surface area contributed by atoms with Crippen molar-refractivity contribution in [3.05, 3.63) is 50.6 Å². The van der Waals surface area contributed by atoms with Gasteiger partial charge in [-0.3, -0.25) is 4.99 Å². The quantitative estimate of drug-likeness (QED) is 0.368. The Bertz CT molecular complexity index is 894. The normalized spacial score (nSPS) is 10.7. The molecule has 0 amide bonds. The molecule has 8 heteroatoms. The molecule has 1 N–H and O–H groups in total. The Balaban J connectivity index is 2.33. The number of nitrogens with zero attached hydrogens (tertiary/aromatic N) is 1. The second-order valence-electron chi connectivity index (χ2n) is 5.47. The van der Waals surface area contributed by atoms with E-state index in [9.17, 15) is 9.59 Å². The maximum absolute atomic E-state index is 11.7. The SMILES string of the molecule is COC(=O)c1ccc(C)c(N=Cc2cc(I)c(OCC(=O)O)c(OC)c2)c1. The van der Waals surface area contributed by atoms with Gasteiger partial charge in [-0.05, 0) is 64.9 Å². The average Bonchev–Trinajstić information content (AvgIpc) is 2.65. The van der Waals surface area contributed by atoms with E-state index in [-0.39, 0.29) is 0 Å². The number of hydrogen-bond acceptors (Lipinski definition) is 6. The first-order valence-corrected chi connectivity index (χ1v) is 8.88. The summed E-state index contributed by atoms with van der Waals surface area (Å²) in [4.78, 5) is 26.8. The Kier molecular flexibility index (Phi) is 7.17. The molecule has 0 fully saturated rings. The number of carboxylic acid groups (broad SMARTS) is 1. The molecule has 2 aromatic carbocycles. The highest BCUT2D eigenvalue weighted by atomic mass is 127. The van der Waals surface area contributed by atoms with Crippen LogP contribution in [-0.4, -0.2) is 44.1 Å². The van der Waals surface area contributed by atoms with Gasteiger partial charge in [-0.1, -0.05) is 6.07 Å². The third-order valence-electron chi connectivity index (χ3n) is 3.57. The van der Waals surface area contributed by atoms with Gasteiger partial charge in [0.25, 0.3) is 0 Å². The molecule has 0 aliphatic rings. The van der Waals surface area contributed by atoms with Gasteiger partial charge >= 0.3 is 11.9 Å². The van der Waals surface area contributed by atoms with Gasteiger partial charge in [0.15, 0.2) is 18.1 Å². The predicted molar refractivity (Wildman–Crippen MR) is 109 cm³/mol. The maximum atomic E-state index is 11.7. The minimum absolute atomic E-state index is 0.363. The molecule has 0 spiro atoms. The standard InChI is InChI=1S/C19H18INO6/c1-11-4-5-13(19(24)26-3)8-15(11)21-9-12-6-14(20)18(16(7-12)25-2)27-10-17(22)23/h4-9H,10H2,1-3H3,(H,22,23). The number of carbonyl (C=O) groups excluding carboxylic acids is 1. The maximum Gasteiger partial charge on any atom is 0.341 e. The lowest BCUT2D eigenvalue weighted by Gasteiger charge is -2.12. The Hall–Kier alpha value is -2.62. The number of carboxylic acids is 1. The number of aryl methyl sites for hydroxylation is 1. The molecule has 0 heterocycles. The number of ether oxygens (including phenoxy) is 3. The summed E-state index contributed by atoms with van der Waals surface area (Å²) in [6, 6.07) is 8.63. The van der Waals surface area contributed by atoms with Crippen molar-refractivity contribution in [3.63, 3.8) is 0 Å². The smallest absolute Gasteiger partial charge is 0.341 e. The molecule has 0 bridgehead atoms. The van der Waals surface area contributed by atoms with Crippen LogP contribution in [0.5, 0.6) is 11.5 Å². The minimum Gasteiger partial charge on any atom is -0.493 e. The number of rotatable bonds is 7. The van der Waals surface area contributed by atoms with Crippen molar-refractivity contribution in [2.75, 3.05) is 20.8 Å². The van der Waals surface area contributed by atoms with E-state index in [0.717, 1.165) is 11.1 Å². The molecule has 27 heavy (non-hydrogen) atoms. The first-order chi connectivity index (χ1) is 12.8. The van der Waals surface area contributed by atoms with E-state index < -0.39 is 18.5 Å². The number of halogens is 1.